The van der Waals surface area contributed by atoms with Crippen LogP contribution in [0.3, 0.4) is 0 Å². The van der Waals surface area contributed by atoms with Gasteiger partial charge in [0.25, 0.3) is 5.56 Å². The van der Waals surface area contributed by atoms with Crippen LogP contribution in [-0.4, -0.2) is 21.8 Å². The number of fused-ring (bicyclic) bond motifs is 1. The first kappa shape index (κ1) is 21.9. The maximum absolute atomic E-state index is 13.0. The van der Waals surface area contributed by atoms with Gasteiger partial charge in [-0.15, -0.1) is 0 Å². The molecule has 1 unspecified atom stereocenters. The number of rotatable bonds is 4. The SMILES string of the molecule is Cc1ccc(C)c(NC(=O)C2CC(=O)Nc3nc(Nc4ccc(Cl)cc4Cl)[nH]c(=O)c32)c1. The van der Waals surface area contributed by atoms with Crippen molar-refractivity contribution in [3.63, 3.8) is 0 Å². The lowest BCUT2D eigenvalue weighted by atomic mass is 9.92. The Hall–Kier alpha value is -3.36. The molecular weight excluding hydrogens is 453 g/mol. The number of amides is 2. The van der Waals surface area contributed by atoms with Crippen molar-refractivity contribution in [2.24, 2.45) is 0 Å². The van der Waals surface area contributed by atoms with E-state index in [4.69, 9.17) is 23.2 Å². The van der Waals surface area contributed by atoms with Gasteiger partial charge in [-0.05, 0) is 49.2 Å². The highest BCUT2D eigenvalue weighted by Gasteiger charge is 2.35. The third kappa shape index (κ3) is 4.46. The van der Waals surface area contributed by atoms with Gasteiger partial charge in [-0.2, -0.15) is 4.98 Å². The third-order valence-electron chi connectivity index (χ3n) is 5.10. The van der Waals surface area contributed by atoms with Gasteiger partial charge in [0.05, 0.1) is 22.2 Å². The molecule has 32 heavy (non-hydrogen) atoms. The molecule has 0 bridgehead atoms. The van der Waals surface area contributed by atoms with Crippen LogP contribution in [-0.2, 0) is 9.59 Å². The maximum atomic E-state index is 13.0. The molecule has 10 heteroatoms. The Labute approximate surface area is 193 Å². The van der Waals surface area contributed by atoms with Crippen LogP contribution in [0.4, 0.5) is 23.1 Å². The second-order valence-electron chi connectivity index (χ2n) is 7.54. The van der Waals surface area contributed by atoms with Crippen LogP contribution in [0.2, 0.25) is 10.0 Å². The smallest absolute Gasteiger partial charge is 0.258 e. The third-order valence-corrected chi connectivity index (χ3v) is 5.65. The van der Waals surface area contributed by atoms with Crippen molar-refractivity contribution in [2.45, 2.75) is 26.2 Å². The summed E-state index contributed by atoms with van der Waals surface area (Å²) in [6.45, 7) is 3.78. The number of aromatic nitrogens is 2. The molecular formula is C22H19Cl2N5O3. The van der Waals surface area contributed by atoms with E-state index in [1.165, 1.54) is 6.07 Å². The van der Waals surface area contributed by atoms with Crippen LogP contribution < -0.4 is 21.5 Å². The molecule has 0 fully saturated rings. The van der Waals surface area contributed by atoms with E-state index in [0.29, 0.717) is 21.4 Å². The fraction of sp³-hybridized carbons (Fsp3) is 0.182. The zero-order valence-corrected chi connectivity index (χ0v) is 18.7. The Morgan fingerprint density at radius 1 is 1.09 bits per heavy atom. The van der Waals surface area contributed by atoms with Gasteiger partial charge < -0.3 is 16.0 Å². The molecule has 1 atom stereocenters. The maximum Gasteiger partial charge on any atom is 0.258 e. The van der Waals surface area contributed by atoms with Crippen molar-refractivity contribution in [2.75, 3.05) is 16.0 Å². The number of carbonyl (C=O) groups is 2. The van der Waals surface area contributed by atoms with Crippen molar-refractivity contribution >= 4 is 58.2 Å². The van der Waals surface area contributed by atoms with Crippen molar-refractivity contribution < 1.29 is 9.59 Å². The first-order valence-corrected chi connectivity index (χ1v) is 10.5. The Morgan fingerprint density at radius 3 is 2.62 bits per heavy atom. The molecule has 2 heterocycles. The van der Waals surface area contributed by atoms with Gasteiger partial charge in [0, 0.05) is 17.1 Å². The number of carbonyl (C=O) groups excluding carboxylic acids is 2. The van der Waals surface area contributed by atoms with E-state index >= 15 is 0 Å². The number of benzene rings is 2. The number of anilines is 4. The predicted octanol–water partition coefficient (Wildman–Crippen LogP) is 4.50. The second kappa shape index (κ2) is 8.64. The Balaban J connectivity index is 1.66. The van der Waals surface area contributed by atoms with Gasteiger partial charge in [0.15, 0.2) is 0 Å². The fourth-order valence-electron chi connectivity index (χ4n) is 3.46. The van der Waals surface area contributed by atoms with E-state index in [2.05, 4.69) is 25.9 Å². The van der Waals surface area contributed by atoms with E-state index in [1.54, 1.807) is 12.1 Å². The molecule has 0 spiro atoms. The number of hydrogen-bond acceptors (Lipinski definition) is 5. The zero-order valence-electron chi connectivity index (χ0n) is 17.2. The van der Waals surface area contributed by atoms with Crippen LogP contribution >= 0.6 is 23.2 Å². The number of nitrogens with one attached hydrogen (secondary N) is 4. The summed E-state index contributed by atoms with van der Waals surface area (Å²) in [5.74, 6) is -1.76. The number of nitrogens with zero attached hydrogens (tertiary/aromatic N) is 1. The molecule has 1 aromatic heterocycles. The number of H-pyrrole nitrogens is 1. The summed E-state index contributed by atoms with van der Waals surface area (Å²) >= 11 is 12.1. The summed E-state index contributed by atoms with van der Waals surface area (Å²) in [5, 5.41) is 9.08. The van der Waals surface area contributed by atoms with E-state index in [-0.39, 0.29) is 23.8 Å². The van der Waals surface area contributed by atoms with Gasteiger partial charge in [-0.25, -0.2) is 0 Å². The normalized spacial score (nSPS) is 15.0. The first-order chi connectivity index (χ1) is 15.2. The van der Waals surface area contributed by atoms with Gasteiger partial charge in [-0.3, -0.25) is 19.4 Å². The minimum atomic E-state index is -0.983. The van der Waals surface area contributed by atoms with Crippen molar-refractivity contribution in [3.8, 4) is 0 Å². The fourth-order valence-corrected chi connectivity index (χ4v) is 3.92. The van der Waals surface area contributed by atoms with E-state index in [9.17, 15) is 14.4 Å². The lowest BCUT2D eigenvalue weighted by Gasteiger charge is -2.24. The largest absolute Gasteiger partial charge is 0.325 e. The molecule has 4 N–H and O–H groups in total. The number of aryl methyl sites for hydroxylation is 2. The average molecular weight is 472 g/mol. The van der Waals surface area contributed by atoms with Crippen LogP contribution in [0.5, 0.6) is 0 Å². The summed E-state index contributed by atoms with van der Waals surface area (Å²) in [6.07, 6.45) is -0.162. The molecule has 0 aliphatic carbocycles. The van der Waals surface area contributed by atoms with Crippen molar-refractivity contribution in [1.82, 2.24) is 9.97 Å². The molecule has 4 rings (SSSR count). The van der Waals surface area contributed by atoms with Crippen molar-refractivity contribution in [1.29, 1.82) is 0 Å². The van der Waals surface area contributed by atoms with E-state index < -0.39 is 23.3 Å². The number of aromatic amines is 1. The highest BCUT2D eigenvalue weighted by molar-refractivity contribution is 6.36. The lowest BCUT2D eigenvalue weighted by Crippen LogP contribution is -2.36. The molecule has 164 valence electrons. The quantitative estimate of drug-likeness (QED) is 0.446. The molecule has 2 aromatic carbocycles. The Kier molecular flexibility index (Phi) is 5.90. The summed E-state index contributed by atoms with van der Waals surface area (Å²) in [6, 6.07) is 10.5. The second-order valence-corrected chi connectivity index (χ2v) is 8.38. The summed E-state index contributed by atoms with van der Waals surface area (Å²) in [5.41, 5.74) is 2.50. The molecule has 2 amide bonds. The molecule has 8 nitrogen and oxygen atoms in total. The minimum absolute atomic E-state index is 0.0266. The van der Waals surface area contributed by atoms with Crippen LogP contribution in [0.1, 0.15) is 29.0 Å². The van der Waals surface area contributed by atoms with Crippen LogP contribution in [0.15, 0.2) is 41.2 Å². The lowest BCUT2D eigenvalue weighted by molar-refractivity contribution is -0.123. The molecule has 1 aliphatic heterocycles. The van der Waals surface area contributed by atoms with E-state index in [0.717, 1.165) is 11.1 Å². The van der Waals surface area contributed by atoms with Crippen LogP contribution in [0, 0.1) is 13.8 Å². The topological polar surface area (TPSA) is 116 Å². The number of hydrogen-bond donors (Lipinski definition) is 4. The molecule has 3 aromatic rings. The van der Waals surface area contributed by atoms with Gasteiger partial charge >= 0.3 is 0 Å². The van der Waals surface area contributed by atoms with E-state index in [1.807, 2.05) is 32.0 Å². The Morgan fingerprint density at radius 2 is 1.88 bits per heavy atom. The molecule has 1 aliphatic rings. The summed E-state index contributed by atoms with van der Waals surface area (Å²) < 4.78 is 0. The first-order valence-electron chi connectivity index (χ1n) is 9.75. The summed E-state index contributed by atoms with van der Waals surface area (Å²) in [4.78, 5) is 45.1. The van der Waals surface area contributed by atoms with Crippen LogP contribution in [0.25, 0.3) is 0 Å². The van der Waals surface area contributed by atoms with Gasteiger partial charge in [0.2, 0.25) is 17.8 Å². The summed E-state index contributed by atoms with van der Waals surface area (Å²) in [7, 11) is 0. The predicted molar refractivity (Wildman–Crippen MR) is 125 cm³/mol. The zero-order chi connectivity index (χ0) is 23.0. The molecule has 0 saturated carbocycles. The highest BCUT2D eigenvalue weighted by Crippen LogP contribution is 2.32. The molecule has 0 saturated heterocycles. The van der Waals surface area contributed by atoms with Crippen molar-refractivity contribution in [3.05, 3.63) is 73.5 Å². The average Bonchev–Trinajstić information content (AvgIpc) is 2.72. The monoisotopic (exact) mass is 471 g/mol. The van der Waals surface area contributed by atoms with Gasteiger partial charge in [-0.1, -0.05) is 35.3 Å². The van der Waals surface area contributed by atoms with Gasteiger partial charge in [0.1, 0.15) is 5.82 Å². The standard InChI is InChI=1S/C22H19Cl2N5O3/c1-10-3-4-11(2)16(7-10)25-20(31)13-9-17(30)27-19-18(13)21(32)29-22(28-19)26-15-6-5-12(23)8-14(15)24/h3-8,13H,9H2,1-2H3,(H,25,31)(H3,26,27,28,29,30,32). The molecule has 0 radical (unpaired) electrons. The Bertz CT molecular complexity index is 1310. The number of halogens is 2. The highest BCUT2D eigenvalue weighted by atomic mass is 35.5. The minimum Gasteiger partial charge on any atom is -0.325 e.